The van der Waals surface area contributed by atoms with Crippen LogP contribution in [0.1, 0.15) is 72.1 Å². The fourth-order valence-electron chi connectivity index (χ4n) is 1.90. The Kier molecular flexibility index (Phi) is 13.8. The van der Waals surface area contributed by atoms with Crippen molar-refractivity contribution in [3.8, 4) is 0 Å². The highest BCUT2D eigenvalue weighted by Crippen LogP contribution is 2.31. The van der Waals surface area contributed by atoms with E-state index in [1.165, 1.54) is 38.5 Å². The predicted octanol–water partition coefficient (Wildman–Crippen LogP) is 4.48. The normalized spacial score (nSPS) is 13.5. The molecule has 0 amide bonds. The van der Waals surface area contributed by atoms with E-state index in [0.29, 0.717) is 6.61 Å². The van der Waals surface area contributed by atoms with Crippen LogP contribution in [0, 0.1) is 0 Å². The van der Waals surface area contributed by atoms with E-state index in [4.69, 9.17) is 13.9 Å². The van der Waals surface area contributed by atoms with Crippen molar-refractivity contribution in [3.05, 3.63) is 0 Å². The number of unbranched alkanes of at least 4 members (excludes halogenated alkanes) is 7. The Balaban J connectivity index is 3.17. The molecular formula is C15H34NO4P. The molecule has 0 aromatic rings. The predicted molar refractivity (Wildman–Crippen MR) is 87.7 cm³/mol. The summed E-state index contributed by atoms with van der Waals surface area (Å²) in [6.07, 6.45) is 9.59. The monoisotopic (exact) mass is 323 g/mol. The van der Waals surface area contributed by atoms with Crippen molar-refractivity contribution < 1.29 is 18.5 Å². The lowest BCUT2D eigenvalue weighted by molar-refractivity contribution is 0.0904. The molecule has 0 saturated carbocycles. The lowest BCUT2D eigenvalue weighted by Gasteiger charge is -2.18. The summed E-state index contributed by atoms with van der Waals surface area (Å²) >= 11 is 0. The first-order valence-corrected chi connectivity index (χ1v) is 9.30. The molecule has 5 nitrogen and oxygen atoms in total. The van der Waals surface area contributed by atoms with Gasteiger partial charge in [-0.2, -0.15) is 0 Å². The third-order valence-corrected chi connectivity index (χ3v) is 4.15. The summed E-state index contributed by atoms with van der Waals surface area (Å²) < 4.78 is 21.9. The first-order valence-electron chi connectivity index (χ1n) is 8.07. The van der Waals surface area contributed by atoms with Gasteiger partial charge in [-0.25, -0.2) is 5.48 Å². The highest BCUT2D eigenvalue weighted by molar-refractivity contribution is 7.33. The SMILES string of the molecule is CONCCCCCCCCCCO[PH](=O)OC(C)(C)C. The topological polar surface area (TPSA) is 56.8 Å². The van der Waals surface area contributed by atoms with Crippen LogP contribution in [-0.2, 0) is 18.5 Å². The maximum absolute atomic E-state index is 11.5. The maximum atomic E-state index is 11.5. The van der Waals surface area contributed by atoms with Crippen molar-refractivity contribution in [2.45, 2.75) is 77.7 Å². The van der Waals surface area contributed by atoms with Crippen LogP contribution < -0.4 is 5.48 Å². The van der Waals surface area contributed by atoms with Gasteiger partial charge in [0, 0.05) is 6.54 Å². The minimum atomic E-state index is -2.33. The maximum Gasteiger partial charge on any atom is 0.319 e. The average molecular weight is 323 g/mol. The van der Waals surface area contributed by atoms with Crippen LogP contribution in [0.25, 0.3) is 0 Å². The zero-order valence-corrected chi connectivity index (χ0v) is 15.2. The molecule has 0 aliphatic carbocycles. The van der Waals surface area contributed by atoms with E-state index in [9.17, 15) is 4.57 Å². The van der Waals surface area contributed by atoms with E-state index in [0.717, 1.165) is 19.4 Å². The fourth-order valence-corrected chi connectivity index (χ4v) is 2.77. The van der Waals surface area contributed by atoms with E-state index in [1.54, 1.807) is 7.11 Å². The van der Waals surface area contributed by atoms with Crippen LogP contribution in [0.4, 0.5) is 0 Å². The Morgan fingerprint density at radius 1 is 0.905 bits per heavy atom. The van der Waals surface area contributed by atoms with Crippen molar-refractivity contribution >= 4 is 8.25 Å². The van der Waals surface area contributed by atoms with Crippen LogP contribution in [-0.4, -0.2) is 25.9 Å². The van der Waals surface area contributed by atoms with Crippen LogP contribution in [0.2, 0.25) is 0 Å². The molecule has 0 aromatic heterocycles. The molecule has 6 heteroatoms. The molecule has 1 unspecified atom stereocenters. The van der Waals surface area contributed by atoms with Gasteiger partial charge in [0.25, 0.3) is 0 Å². The van der Waals surface area contributed by atoms with Crippen molar-refractivity contribution in [2.24, 2.45) is 0 Å². The average Bonchev–Trinajstić information content (AvgIpc) is 2.38. The van der Waals surface area contributed by atoms with Crippen molar-refractivity contribution in [1.82, 2.24) is 5.48 Å². The van der Waals surface area contributed by atoms with E-state index < -0.39 is 13.9 Å². The molecule has 1 atom stereocenters. The summed E-state index contributed by atoms with van der Waals surface area (Å²) in [6, 6.07) is 0. The van der Waals surface area contributed by atoms with E-state index in [-0.39, 0.29) is 0 Å². The van der Waals surface area contributed by atoms with Gasteiger partial charge >= 0.3 is 8.25 Å². The summed E-state index contributed by atoms with van der Waals surface area (Å²) in [5.41, 5.74) is 2.46. The smallest absolute Gasteiger partial charge is 0.311 e. The van der Waals surface area contributed by atoms with Gasteiger partial charge in [-0.3, -0.25) is 4.57 Å². The minimum absolute atomic E-state index is 0.394. The molecule has 0 spiro atoms. The molecule has 0 radical (unpaired) electrons. The third kappa shape index (κ3) is 18.0. The summed E-state index contributed by atoms with van der Waals surface area (Å²) in [5, 5.41) is 0. The Labute approximate surface area is 131 Å². The molecule has 21 heavy (non-hydrogen) atoms. The Morgan fingerprint density at radius 3 is 1.95 bits per heavy atom. The van der Waals surface area contributed by atoms with Crippen molar-refractivity contribution in [3.63, 3.8) is 0 Å². The molecule has 0 aliphatic heterocycles. The van der Waals surface area contributed by atoms with Crippen LogP contribution in [0.15, 0.2) is 0 Å². The largest absolute Gasteiger partial charge is 0.319 e. The molecule has 128 valence electrons. The zero-order valence-electron chi connectivity index (χ0n) is 14.2. The summed E-state index contributed by atoms with van der Waals surface area (Å²) in [5.74, 6) is 0. The first-order chi connectivity index (χ1) is 9.95. The second-order valence-corrected chi connectivity index (χ2v) is 7.23. The van der Waals surface area contributed by atoms with Crippen molar-refractivity contribution in [2.75, 3.05) is 20.3 Å². The van der Waals surface area contributed by atoms with E-state index in [1.807, 2.05) is 20.8 Å². The van der Waals surface area contributed by atoms with Crippen molar-refractivity contribution in [1.29, 1.82) is 0 Å². The molecule has 0 rings (SSSR count). The van der Waals surface area contributed by atoms with Crippen LogP contribution in [0.5, 0.6) is 0 Å². The Hall–Kier alpha value is 0.0700. The van der Waals surface area contributed by atoms with Gasteiger partial charge in [0.15, 0.2) is 0 Å². The number of hydrogen-bond donors (Lipinski definition) is 1. The highest BCUT2D eigenvalue weighted by atomic mass is 31.1. The lowest BCUT2D eigenvalue weighted by atomic mass is 10.1. The quantitative estimate of drug-likeness (QED) is 0.290. The molecule has 0 bridgehead atoms. The van der Waals surface area contributed by atoms with Gasteiger partial charge in [0.1, 0.15) is 0 Å². The molecule has 0 aliphatic rings. The van der Waals surface area contributed by atoms with E-state index in [2.05, 4.69) is 5.48 Å². The summed E-state index contributed by atoms with van der Waals surface area (Å²) in [7, 11) is -0.676. The van der Waals surface area contributed by atoms with Gasteiger partial charge in [0.05, 0.1) is 19.3 Å². The van der Waals surface area contributed by atoms with Gasteiger partial charge in [-0.05, 0) is 33.6 Å². The minimum Gasteiger partial charge on any atom is -0.311 e. The summed E-state index contributed by atoms with van der Waals surface area (Å²) in [6.45, 7) is 7.11. The Morgan fingerprint density at radius 2 is 1.43 bits per heavy atom. The molecule has 1 N–H and O–H groups in total. The highest BCUT2D eigenvalue weighted by Gasteiger charge is 2.14. The first kappa shape index (κ1) is 21.1. The number of hydrogen-bond acceptors (Lipinski definition) is 5. The number of nitrogens with one attached hydrogen (secondary N) is 1. The molecular weight excluding hydrogens is 289 g/mol. The number of hydroxylamine groups is 1. The molecule has 0 fully saturated rings. The zero-order chi connectivity index (χ0) is 16.0. The van der Waals surface area contributed by atoms with Gasteiger partial charge in [0.2, 0.25) is 0 Å². The van der Waals surface area contributed by atoms with Gasteiger partial charge in [-0.15, -0.1) is 0 Å². The molecule has 0 heterocycles. The second kappa shape index (κ2) is 13.7. The van der Waals surface area contributed by atoms with Gasteiger partial charge < -0.3 is 13.9 Å². The number of rotatable bonds is 14. The van der Waals surface area contributed by atoms with Gasteiger partial charge in [-0.1, -0.05) is 38.5 Å². The lowest BCUT2D eigenvalue weighted by Crippen LogP contribution is -2.15. The second-order valence-electron chi connectivity index (χ2n) is 6.24. The van der Waals surface area contributed by atoms with E-state index >= 15 is 0 Å². The standard InChI is InChI=1S/C15H34NO4P/c1-15(2,3)20-21(17)19-14-12-10-8-6-5-7-9-11-13-16-18-4/h16,21H,5-14H2,1-4H3. The van der Waals surface area contributed by atoms with Crippen LogP contribution in [0.3, 0.4) is 0 Å². The Bertz CT molecular complexity index is 257. The summed E-state index contributed by atoms with van der Waals surface area (Å²) in [4.78, 5) is 4.78. The molecule has 0 aromatic carbocycles. The fraction of sp³-hybridized carbons (Fsp3) is 1.00. The third-order valence-electron chi connectivity index (χ3n) is 2.93. The van der Waals surface area contributed by atoms with Crippen LogP contribution >= 0.6 is 8.25 Å². The molecule has 0 saturated heterocycles.